The Morgan fingerprint density at radius 2 is 2.11 bits per heavy atom. The van der Waals surface area contributed by atoms with Gasteiger partial charge < -0.3 is 9.84 Å². The number of aromatic nitrogens is 1. The van der Waals surface area contributed by atoms with Crippen LogP contribution >= 0.6 is 0 Å². The summed E-state index contributed by atoms with van der Waals surface area (Å²) in [5, 5.41) is 9.92. The molecule has 0 radical (unpaired) electrons. The van der Waals surface area contributed by atoms with Crippen molar-refractivity contribution < 1.29 is 14.6 Å². The zero-order valence-electron chi connectivity index (χ0n) is 10.5. The van der Waals surface area contributed by atoms with Crippen LogP contribution in [-0.4, -0.2) is 22.7 Å². The Hall–Kier alpha value is -2.10. The lowest BCUT2D eigenvalue weighted by Crippen LogP contribution is -2.17. The van der Waals surface area contributed by atoms with Crippen LogP contribution < -0.4 is 4.74 Å². The fourth-order valence-corrected chi connectivity index (χ4v) is 2.29. The van der Waals surface area contributed by atoms with Crippen molar-refractivity contribution in [3.63, 3.8) is 0 Å². The van der Waals surface area contributed by atoms with E-state index in [4.69, 9.17) is 9.84 Å². The van der Waals surface area contributed by atoms with Crippen molar-refractivity contribution in [2.24, 2.45) is 5.41 Å². The number of carbonyl (C=O) groups is 1. The first-order valence-corrected chi connectivity index (χ1v) is 6.37. The minimum atomic E-state index is -0.753. The minimum Gasteiger partial charge on any atom is -0.491 e. The Bertz CT molecular complexity index is 614. The van der Waals surface area contributed by atoms with Gasteiger partial charge in [0, 0.05) is 17.0 Å². The number of nitrogens with zero attached hydrogens (tertiary/aromatic N) is 1. The van der Waals surface area contributed by atoms with Crippen LogP contribution in [0.1, 0.15) is 19.3 Å². The smallest absolute Gasteiger partial charge is 0.304 e. The molecule has 0 spiro atoms. The number of benzene rings is 1. The highest BCUT2D eigenvalue weighted by atomic mass is 16.5. The summed E-state index contributed by atoms with van der Waals surface area (Å²) >= 11 is 0. The highest BCUT2D eigenvalue weighted by Crippen LogP contribution is 2.49. The molecule has 0 aliphatic heterocycles. The molecule has 1 saturated carbocycles. The molecule has 1 aromatic heterocycles. The van der Waals surface area contributed by atoms with Crippen molar-refractivity contribution in [1.29, 1.82) is 0 Å². The first kappa shape index (κ1) is 12.0. The minimum absolute atomic E-state index is 0.164. The third-order valence-electron chi connectivity index (χ3n) is 3.61. The van der Waals surface area contributed by atoms with Crippen molar-refractivity contribution in [2.45, 2.75) is 19.3 Å². The van der Waals surface area contributed by atoms with Crippen LogP contribution in [0.2, 0.25) is 0 Å². The van der Waals surface area contributed by atoms with Gasteiger partial charge in [0.15, 0.2) is 0 Å². The van der Waals surface area contributed by atoms with Crippen LogP contribution in [0.15, 0.2) is 36.5 Å². The zero-order valence-corrected chi connectivity index (χ0v) is 10.5. The molecule has 3 rings (SSSR count). The van der Waals surface area contributed by atoms with Crippen molar-refractivity contribution >= 4 is 16.9 Å². The van der Waals surface area contributed by atoms with E-state index in [-0.39, 0.29) is 11.8 Å². The quantitative estimate of drug-likeness (QED) is 0.894. The first-order chi connectivity index (χ1) is 9.19. The van der Waals surface area contributed by atoms with Gasteiger partial charge in [-0.2, -0.15) is 0 Å². The molecule has 19 heavy (non-hydrogen) atoms. The summed E-state index contributed by atoms with van der Waals surface area (Å²) in [5.41, 5.74) is 0.666. The molecular formula is C15H15NO3. The number of ether oxygens (including phenoxy) is 1. The molecule has 0 atom stereocenters. The summed E-state index contributed by atoms with van der Waals surface area (Å²) < 4.78 is 5.82. The number of fused-ring (bicyclic) bond motifs is 1. The van der Waals surface area contributed by atoms with Crippen LogP contribution in [0.4, 0.5) is 0 Å². The number of rotatable bonds is 5. The fraction of sp³-hybridized carbons (Fsp3) is 0.333. The summed E-state index contributed by atoms with van der Waals surface area (Å²) in [5.74, 6) is -0.0214. The SMILES string of the molecule is O=C(O)CC1(COc2cccc3cccnc23)CC1. The van der Waals surface area contributed by atoms with E-state index in [1.807, 2.05) is 30.3 Å². The highest BCUT2D eigenvalue weighted by Gasteiger charge is 2.45. The molecule has 2 aromatic rings. The van der Waals surface area contributed by atoms with Crippen LogP contribution in [0.5, 0.6) is 5.75 Å². The van der Waals surface area contributed by atoms with Gasteiger partial charge in [-0.25, -0.2) is 0 Å². The molecule has 1 fully saturated rings. The third kappa shape index (κ3) is 2.52. The van der Waals surface area contributed by atoms with Crippen LogP contribution in [-0.2, 0) is 4.79 Å². The van der Waals surface area contributed by atoms with Crippen LogP contribution in [0, 0.1) is 5.41 Å². The number of carboxylic acid groups (broad SMARTS) is 1. The zero-order chi connectivity index (χ0) is 13.3. The number of hydrogen-bond acceptors (Lipinski definition) is 3. The van der Waals surface area contributed by atoms with Gasteiger partial charge >= 0.3 is 5.97 Å². The molecule has 1 aromatic carbocycles. The van der Waals surface area contributed by atoms with Gasteiger partial charge in [-0.05, 0) is 25.0 Å². The number of para-hydroxylation sites is 1. The van der Waals surface area contributed by atoms with E-state index in [9.17, 15) is 4.79 Å². The van der Waals surface area contributed by atoms with Crippen molar-refractivity contribution in [3.05, 3.63) is 36.5 Å². The summed E-state index contributed by atoms with van der Waals surface area (Å²) in [4.78, 5) is 15.1. The van der Waals surface area contributed by atoms with Crippen molar-refractivity contribution in [1.82, 2.24) is 4.98 Å². The standard InChI is InChI=1S/C15H15NO3/c17-13(18)9-15(6-7-15)10-19-12-5-1-3-11-4-2-8-16-14(11)12/h1-5,8H,6-7,9-10H2,(H,17,18). The maximum atomic E-state index is 10.8. The average Bonchev–Trinajstić information content (AvgIpc) is 3.15. The van der Waals surface area contributed by atoms with Gasteiger partial charge in [0.2, 0.25) is 0 Å². The Kier molecular flexibility index (Phi) is 2.85. The van der Waals surface area contributed by atoms with E-state index in [0.717, 1.165) is 29.5 Å². The van der Waals surface area contributed by atoms with E-state index in [0.29, 0.717) is 6.61 Å². The summed E-state index contributed by atoms with van der Waals surface area (Å²) in [6.07, 6.45) is 3.78. The number of pyridine rings is 1. The second-order valence-electron chi connectivity index (χ2n) is 5.19. The molecule has 1 aliphatic carbocycles. The van der Waals surface area contributed by atoms with E-state index >= 15 is 0 Å². The summed E-state index contributed by atoms with van der Waals surface area (Å²) in [7, 11) is 0. The first-order valence-electron chi connectivity index (χ1n) is 6.37. The van der Waals surface area contributed by atoms with Gasteiger partial charge in [0.05, 0.1) is 13.0 Å². The second kappa shape index (κ2) is 4.53. The second-order valence-corrected chi connectivity index (χ2v) is 5.19. The average molecular weight is 257 g/mol. The number of hydrogen-bond donors (Lipinski definition) is 1. The number of aliphatic carboxylic acids is 1. The maximum absolute atomic E-state index is 10.8. The molecule has 0 bridgehead atoms. The topological polar surface area (TPSA) is 59.4 Å². The lowest BCUT2D eigenvalue weighted by molar-refractivity contribution is -0.138. The van der Waals surface area contributed by atoms with E-state index in [1.165, 1.54) is 0 Å². The summed E-state index contributed by atoms with van der Waals surface area (Å²) in [6.45, 7) is 0.453. The summed E-state index contributed by atoms with van der Waals surface area (Å²) in [6, 6.07) is 9.67. The molecule has 0 saturated heterocycles. The van der Waals surface area contributed by atoms with Gasteiger partial charge in [-0.3, -0.25) is 9.78 Å². The molecular weight excluding hydrogens is 242 g/mol. The maximum Gasteiger partial charge on any atom is 0.304 e. The largest absolute Gasteiger partial charge is 0.491 e. The van der Waals surface area contributed by atoms with E-state index in [2.05, 4.69) is 4.98 Å². The Morgan fingerprint density at radius 3 is 2.84 bits per heavy atom. The molecule has 0 amide bonds. The Labute approximate surface area is 111 Å². The lowest BCUT2D eigenvalue weighted by Gasteiger charge is -2.14. The third-order valence-corrected chi connectivity index (χ3v) is 3.61. The van der Waals surface area contributed by atoms with Gasteiger partial charge in [0.25, 0.3) is 0 Å². The molecule has 0 unspecified atom stereocenters. The van der Waals surface area contributed by atoms with Gasteiger partial charge in [-0.15, -0.1) is 0 Å². The predicted molar refractivity (Wildman–Crippen MR) is 71.2 cm³/mol. The molecule has 1 heterocycles. The van der Waals surface area contributed by atoms with E-state index < -0.39 is 5.97 Å². The lowest BCUT2D eigenvalue weighted by atomic mass is 10.0. The highest BCUT2D eigenvalue weighted by molar-refractivity contribution is 5.84. The predicted octanol–water partition coefficient (Wildman–Crippen LogP) is 2.87. The van der Waals surface area contributed by atoms with Crippen LogP contribution in [0.3, 0.4) is 0 Å². The van der Waals surface area contributed by atoms with Gasteiger partial charge in [-0.1, -0.05) is 18.2 Å². The van der Waals surface area contributed by atoms with Crippen molar-refractivity contribution in [2.75, 3.05) is 6.61 Å². The van der Waals surface area contributed by atoms with E-state index in [1.54, 1.807) is 6.20 Å². The Morgan fingerprint density at radius 1 is 1.32 bits per heavy atom. The molecule has 1 N–H and O–H groups in total. The van der Waals surface area contributed by atoms with Crippen LogP contribution in [0.25, 0.3) is 10.9 Å². The molecule has 1 aliphatic rings. The monoisotopic (exact) mass is 257 g/mol. The molecule has 4 nitrogen and oxygen atoms in total. The van der Waals surface area contributed by atoms with Crippen molar-refractivity contribution in [3.8, 4) is 5.75 Å². The normalized spacial score (nSPS) is 16.2. The number of carboxylic acids is 1. The van der Waals surface area contributed by atoms with Gasteiger partial charge in [0.1, 0.15) is 11.3 Å². The fourth-order valence-electron chi connectivity index (χ4n) is 2.29. The Balaban J connectivity index is 1.77. The molecule has 4 heteroatoms. The molecule has 98 valence electrons.